The number of carbonyl (C=O) groups excluding carboxylic acids is 1. The SMILES string of the molecule is Cc1cccc(Cl)c1N1CC(C(=O)O)CC1=O. The number of nitrogens with zero attached hydrogens (tertiary/aromatic N) is 1. The van der Waals surface area contributed by atoms with Gasteiger partial charge in [0.15, 0.2) is 0 Å². The van der Waals surface area contributed by atoms with Gasteiger partial charge in [0.25, 0.3) is 0 Å². The summed E-state index contributed by atoms with van der Waals surface area (Å²) in [5, 5.41) is 9.40. The van der Waals surface area contributed by atoms with Crippen LogP contribution in [0.25, 0.3) is 0 Å². The average Bonchev–Trinajstić information content (AvgIpc) is 2.61. The van der Waals surface area contributed by atoms with Gasteiger partial charge in [0, 0.05) is 13.0 Å². The zero-order chi connectivity index (χ0) is 12.6. The maximum absolute atomic E-state index is 11.8. The van der Waals surface area contributed by atoms with E-state index < -0.39 is 11.9 Å². The number of benzene rings is 1. The minimum Gasteiger partial charge on any atom is -0.481 e. The molecule has 0 aliphatic carbocycles. The summed E-state index contributed by atoms with van der Waals surface area (Å²) in [5.41, 5.74) is 1.50. The normalized spacial score (nSPS) is 19.8. The second-order valence-electron chi connectivity index (χ2n) is 4.15. The molecule has 5 heteroatoms. The Kier molecular flexibility index (Phi) is 3.07. The van der Waals surface area contributed by atoms with Crippen LogP contribution in [0.4, 0.5) is 5.69 Å². The number of rotatable bonds is 2. The maximum atomic E-state index is 11.8. The lowest BCUT2D eigenvalue weighted by Gasteiger charge is -2.20. The minimum absolute atomic E-state index is 0.0417. The Balaban J connectivity index is 2.35. The van der Waals surface area contributed by atoms with Crippen LogP contribution in [-0.2, 0) is 9.59 Å². The third-order valence-electron chi connectivity index (χ3n) is 2.93. The molecule has 1 amide bonds. The first-order valence-electron chi connectivity index (χ1n) is 5.29. The lowest BCUT2D eigenvalue weighted by molar-refractivity contribution is -0.141. The predicted molar refractivity (Wildman–Crippen MR) is 64.3 cm³/mol. The van der Waals surface area contributed by atoms with E-state index in [2.05, 4.69) is 0 Å². The molecule has 4 nitrogen and oxygen atoms in total. The van der Waals surface area contributed by atoms with Gasteiger partial charge in [-0.3, -0.25) is 9.59 Å². The first-order chi connectivity index (χ1) is 8.00. The topological polar surface area (TPSA) is 57.6 Å². The number of carboxylic acids is 1. The molecule has 1 atom stereocenters. The third-order valence-corrected chi connectivity index (χ3v) is 3.24. The summed E-state index contributed by atoms with van der Waals surface area (Å²) < 4.78 is 0. The molecule has 1 aromatic rings. The van der Waals surface area contributed by atoms with Gasteiger partial charge < -0.3 is 10.0 Å². The largest absolute Gasteiger partial charge is 0.481 e. The van der Waals surface area contributed by atoms with Gasteiger partial charge in [-0.15, -0.1) is 0 Å². The van der Waals surface area contributed by atoms with Gasteiger partial charge in [0.1, 0.15) is 0 Å². The van der Waals surface area contributed by atoms with E-state index in [1.165, 1.54) is 4.90 Å². The zero-order valence-electron chi connectivity index (χ0n) is 9.31. The van der Waals surface area contributed by atoms with E-state index in [0.717, 1.165) is 5.56 Å². The van der Waals surface area contributed by atoms with Crippen molar-refractivity contribution < 1.29 is 14.7 Å². The van der Waals surface area contributed by atoms with Crippen LogP contribution in [0, 0.1) is 12.8 Å². The number of aryl methyl sites for hydroxylation is 1. The Morgan fingerprint density at radius 2 is 2.24 bits per heavy atom. The number of carboxylic acid groups (broad SMARTS) is 1. The summed E-state index contributed by atoms with van der Waals surface area (Å²) in [7, 11) is 0. The summed E-state index contributed by atoms with van der Waals surface area (Å²) >= 11 is 6.06. The van der Waals surface area contributed by atoms with Crippen molar-refractivity contribution in [2.75, 3.05) is 11.4 Å². The van der Waals surface area contributed by atoms with Gasteiger partial charge in [-0.25, -0.2) is 0 Å². The molecule has 0 saturated carbocycles. The number of para-hydroxylation sites is 1. The van der Waals surface area contributed by atoms with Crippen LogP contribution in [0.2, 0.25) is 5.02 Å². The van der Waals surface area contributed by atoms with Gasteiger partial charge in [0.05, 0.1) is 16.6 Å². The highest BCUT2D eigenvalue weighted by Gasteiger charge is 2.36. The van der Waals surface area contributed by atoms with E-state index in [9.17, 15) is 9.59 Å². The highest BCUT2D eigenvalue weighted by atomic mass is 35.5. The Morgan fingerprint density at radius 1 is 1.53 bits per heavy atom. The Bertz CT molecular complexity index is 466. The van der Waals surface area contributed by atoms with Crippen molar-refractivity contribution in [1.29, 1.82) is 0 Å². The molecule has 1 aliphatic rings. The molecule has 0 spiro atoms. The van der Waals surface area contributed by atoms with Crippen LogP contribution in [0.1, 0.15) is 12.0 Å². The molecule has 1 saturated heterocycles. The highest BCUT2D eigenvalue weighted by molar-refractivity contribution is 6.34. The van der Waals surface area contributed by atoms with Crippen LogP contribution < -0.4 is 4.90 Å². The van der Waals surface area contributed by atoms with Crippen molar-refractivity contribution >= 4 is 29.2 Å². The number of hydrogen-bond acceptors (Lipinski definition) is 2. The monoisotopic (exact) mass is 253 g/mol. The minimum atomic E-state index is -0.939. The van der Waals surface area contributed by atoms with Crippen molar-refractivity contribution in [2.24, 2.45) is 5.92 Å². The van der Waals surface area contributed by atoms with Crippen molar-refractivity contribution in [2.45, 2.75) is 13.3 Å². The fourth-order valence-corrected chi connectivity index (χ4v) is 2.38. The lowest BCUT2D eigenvalue weighted by atomic mass is 10.1. The van der Waals surface area contributed by atoms with Crippen molar-refractivity contribution in [1.82, 2.24) is 0 Å². The van der Waals surface area contributed by atoms with Gasteiger partial charge in [0.2, 0.25) is 5.91 Å². The molecular weight excluding hydrogens is 242 g/mol. The molecule has 0 bridgehead atoms. The maximum Gasteiger partial charge on any atom is 0.308 e. The van der Waals surface area contributed by atoms with Gasteiger partial charge >= 0.3 is 5.97 Å². The second-order valence-corrected chi connectivity index (χ2v) is 4.56. The molecule has 17 heavy (non-hydrogen) atoms. The molecule has 1 N–H and O–H groups in total. The third kappa shape index (κ3) is 2.13. The first kappa shape index (κ1) is 11.9. The highest BCUT2D eigenvalue weighted by Crippen LogP contribution is 2.33. The van der Waals surface area contributed by atoms with E-state index in [4.69, 9.17) is 16.7 Å². The summed E-state index contributed by atoms with van der Waals surface area (Å²) in [5.74, 6) is -1.77. The van der Waals surface area contributed by atoms with E-state index in [1.54, 1.807) is 12.1 Å². The summed E-state index contributed by atoms with van der Waals surface area (Å²) in [4.78, 5) is 24.1. The second kappa shape index (κ2) is 4.37. The van der Waals surface area contributed by atoms with E-state index in [0.29, 0.717) is 10.7 Å². The molecule has 2 rings (SSSR count). The van der Waals surface area contributed by atoms with Gasteiger partial charge in [-0.2, -0.15) is 0 Å². The van der Waals surface area contributed by atoms with E-state index >= 15 is 0 Å². The quantitative estimate of drug-likeness (QED) is 0.878. The standard InChI is InChI=1S/C12H12ClNO3/c1-7-3-2-4-9(13)11(7)14-6-8(12(16)17)5-10(14)15/h2-4,8H,5-6H2,1H3,(H,16,17). The number of aliphatic carboxylic acids is 1. The number of amides is 1. The van der Waals surface area contributed by atoms with Crippen molar-refractivity contribution in [3.63, 3.8) is 0 Å². The Morgan fingerprint density at radius 3 is 2.76 bits per heavy atom. The van der Waals surface area contributed by atoms with E-state index in [1.807, 2.05) is 13.0 Å². The molecule has 0 aromatic heterocycles. The summed E-state index contributed by atoms with van der Waals surface area (Å²) in [6, 6.07) is 5.35. The molecular formula is C12H12ClNO3. The molecule has 1 heterocycles. The lowest BCUT2D eigenvalue weighted by Crippen LogP contribution is -2.26. The molecule has 1 aromatic carbocycles. The fourth-order valence-electron chi connectivity index (χ4n) is 2.05. The summed E-state index contributed by atoms with van der Waals surface area (Å²) in [6.07, 6.45) is 0.0417. The van der Waals surface area contributed by atoms with E-state index in [-0.39, 0.29) is 18.9 Å². The molecule has 0 radical (unpaired) electrons. The molecule has 90 valence electrons. The van der Waals surface area contributed by atoms with Gasteiger partial charge in [-0.1, -0.05) is 23.7 Å². The molecule has 1 fully saturated rings. The van der Waals surface area contributed by atoms with Crippen LogP contribution in [0.5, 0.6) is 0 Å². The zero-order valence-corrected chi connectivity index (χ0v) is 10.1. The van der Waals surface area contributed by atoms with Crippen LogP contribution in [-0.4, -0.2) is 23.5 Å². The Labute approximate surface area is 104 Å². The van der Waals surface area contributed by atoms with Crippen LogP contribution in [0.3, 0.4) is 0 Å². The Hall–Kier alpha value is -1.55. The van der Waals surface area contributed by atoms with Crippen LogP contribution >= 0.6 is 11.6 Å². The van der Waals surface area contributed by atoms with Crippen molar-refractivity contribution in [3.8, 4) is 0 Å². The number of hydrogen-bond donors (Lipinski definition) is 1. The van der Waals surface area contributed by atoms with Crippen molar-refractivity contribution in [3.05, 3.63) is 28.8 Å². The average molecular weight is 254 g/mol. The predicted octanol–water partition coefficient (Wildman–Crippen LogP) is 2.09. The number of anilines is 1. The van der Waals surface area contributed by atoms with Crippen LogP contribution in [0.15, 0.2) is 18.2 Å². The summed E-state index contributed by atoms with van der Waals surface area (Å²) in [6.45, 7) is 2.04. The first-order valence-corrected chi connectivity index (χ1v) is 5.66. The smallest absolute Gasteiger partial charge is 0.308 e. The number of carbonyl (C=O) groups is 2. The van der Waals surface area contributed by atoms with Gasteiger partial charge in [-0.05, 0) is 18.6 Å². The molecule has 1 aliphatic heterocycles. The fraction of sp³-hybridized carbons (Fsp3) is 0.333. The molecule has 1 unspecified atom stereocenters. The number of halogens is 1.